The topological polar surface area (TPSA) is 82.1 Å². The van der Waals surface area contributed by atoms with E-state index in [2.05, 4.69) is 5.10 Å². The van der Waals surface area contributed by atoms with Crippen molar-refractivity contribution >= 4 is 28.8 Å². The average Bonchev–Trinajstić information content (AvgIpc) is 3.33. The predicted octanol–water partition coefficient (Wildman–Crippen LogP) is 3.58. The monoisotopic (exact) mass is 486 g/mol. The molecule has 1 aliphatic rings. The molecule has 2 aromatic heterocycles. The molecule has 0 aliphatic carbocycles. The second-order valence-electron chi connectivity index (χ2n) is 8.54. The number of amides is 2. The summed E-state index contributed by atoms with van der Waals surface area (Å²) in [6, 6.07) is 15.3. The summed E-state index contributed by atoms with van der Waals surface area (Å²) in [7, 11) is 0. The third-order valence-corrected chi connectivity index (χ3v) is 5.86. The Hall–Kier alpha value is -4.66. The Morgan fingerprint density at radius 2 is 1.39 bits per heavy atom. The third-order valence-electron chi connectivity index (χ3n) is 5.86. The lowest BCUT2D eigenvalue weighted by molar-refractivity contribution is -0.576. The normalized spacial score (nSPS) is 13.9. The standard InChI is InChI=1S/C27H20F2N4O3/c1-16(2)23-21(26(35)33(30-23)20-12-8-18(29)9-13-20)22-24(31-14-4-3-5-15-31)27(36)32(25(22)34)19-10-6-17(28)7-11-19/h3-16H,1-2H3. The van der Waals surface area contributed by atoms with Crippen molar-refractivity contribution in [2.45, 2.75) is 19.8 Å². The van der Waals surface area contributed by atoms with Gasteiger partial charge in [-0.05, 0) is 60.3 Å². The maximum atomic E-state index is 13.8. The van der Waals surface area contributed by atoms with Crippen LogP contribution in [0.25, 0.3) is 17.0 Å². The maximum Gasteiger partial charge on any atom is 0.331 e. The minimum Gasteiger partial charge on any atom is -0.858 e. The zero-order valence-corrected chi connectivity index (χ0v) is 19.4. The molecule has 0 saturated heterocycles. The third kappa shape index (κ3) is 3.74. The first-order chi connectivity index (χ1) is 17.3. The molecule has 9 heteroatoms. The lowest BCUT2D eigenvalue weighted by Gasteiger charge is -2.16. The van der Waals surface area contributed by atoms with Gasteiger partial charge in [-0.3, -0.25) is 9.59 Å². The molecule has 0 saturated carbocycles. The Balaban J connectivity index is 1.77. The smallest absolute Gasteiger partial charge is 0.331 e. The SMILES string of the molecule is CC(C)c1nn(-c2ccc(F)cc2)c([O-])c1C1=C([n+]2ccccc2)C(=O)N(c2ccc(F)cc2)C1=O. The first-order valence-corrected chi connectivity index (χ1v) is 11.2. The van der Waals surface area contributed by atoms with Crippen molar-refractivity contribution in [2.24, 2.45) is 0 Å². The number of aromatic nitrogens is 3. The van der Waals surface area contributed by atoms with Crippen molar-refractivity contribution < 1.29 is 28.0 Å². The zero-order chi connectivity index (χ0) is 25.6. The molecule has 0 bridgehead atoms. The molecule has 1 aliphatic heterocycles. The van der Waals surface area contributed by atoms with E-state index in [1.54, 1.807) is 30.6 Å². The summed E-state index contributed by atoms with van der Waals surface area (Å²) in [6.07, 6.45) is 3.19. The lowest BCUT2D eigenvalue weighted by atomic mass is 9.98. The van der Waals surface area contributed by atoms with Crippen LogP contribution in [0, 0.1) is 11.6 Å². The van der Waals surface area contributed by atoms with E-state index in [0.29, 0.717) is 11.4 Å². The molecule has 0 spiro atoms. The number of anilines is 1. The van der Waals surface area contributed by atoms with Gasteiger partial charge in [0.05, 0.1) is 17.1 Å². The zero-order valence-electron chi connectivity index (χ0n) is 19.4. The molecule has 7 nitrogen and oxygen atoms in total. The number of carbonyl (C=O) groups is 2. The van der Waals surface area contributed by atoms with Gasteiger partial charge >= 0.3 is 5.91 Å². The van der Waals surface area contributed by atoms with Gasteiger partial charge < -0.3 is 5.11 Å². The number of pyridine rings is 1. The van der Waals surface area contributed by atoms with E-state index in [1.807, 2.05) is 13.8 Å². The van der Waals surface area contributed by atoms with E-state index in [1.165, 1.54) is 41.0 Å². The number of hydrogen-bond acceptors (Lipinski definition) is 4. The fourth-order valence-electron chi connectivity index (χ4n) is 4.17. The summed E-state index contributed by atoms with van der Waals surface area (Å²) < 4.78 is 29.6. The highest BCUT2D eigenvalue weighted by molar-refractivity contribution is 6.53. The van der Waals surface area contributed by atoms with Crippen LogP contribution in [0.15, 0.2) is 79.1 Å². The first-order valence-electron chi connectivity index (χ1n) is 11.2. The van der Waals surface area contributed by atoms with Crippen molar-refractivity contribution in [3.63, 3.8) is 0 Å². The van der Waals surface area contributed by atoms with Gasteiger partial charge in [0.2, 0.25) is 0 Å². The van der Waals surface area contributed by atoms with Crippen LogP contribution in [-0.4, -0.2) is 21.6 Å². The van der Waals surface area contributed by atoms with Gasteiger partial charge in [0.15, 0.2) is 12.4 Å². The number of imide groups is 1. The molecule has 0 unspecified atom stereocenters. The number of halogens is 2. The highest BCUT2D eigenvalue weighted by atomic mass is 19.1. The number of rotatable bonds is 5. The molecule has 0 radical (unpaired) electrons. The van der Waals surface area contributed by atoms with Crippen molar-refractivity contribution in [3.05, 3.63) is 102 Å². The highest BCUT2D eigenvalue weighted by Gasteiger charge is 2.47. The summed E-state index contributed by atoms with van der Waals surface area (Å²) in [5.41, 5.74) is 0.653. The molecule has 0 N–H and O–H groups in total. The Morgan fingerprint density at radius 1 is 0.833 bits per heavy atom. The van der Waals surface area contributed by atoms with Crippen molar-refractivity contribution in [1.29, 1.82) is 0 Å². The van der Waals surface area contributed by atoms with Crippen LogP contribution in [0.1, 0.15) is 31.0 Å². The fraction of sp³-hybridized carbons (Fsp3) is 0.111. The molecule has 180 valence electrons. The average molecular weight is 486 g/mol. The molecular weight excluding hydrogens is 466 g/mol. The van der Waals surface area contributed by atoms with Crippen LogP contribution in [0.2, 0.25) is 0 Å². The molecule has 3 heterocycles. The number of nitrogens with zero attached hydrogens (tertiary/aromatic N) is 4. The minimum absolute atomic E-state index is 0.0105. The Morgan fingerprint density at radius 3 is 1.94 bits per heavy atom. The highest BCUT2D eigenvalue weighted by Crippen LogP contribution is 2.40. The summed E-state index contributed by atoms with van der Waals surface area (Å²) in [4.78, 5) is 28.4. The van der Waals surface area contributed by atoms with Gasteiger partial charge in [-0.15, -0.1) is 0 Å². The molecule has 4 aromatic rings. The van der Waals surface area contributed by atoms with Crippen molar-refractivity contribution in [1.82, 2.24) is 9.78 Å². The van der Waals surface area contributed by atoms with E-state index in [9.17, 15) is 23.5 Å². The van der Waals surface area contributed by atoms with Crippen LogP contribution in [0.3, 0.4) is 0 Å². The van der Waals surface area contributed by atoms with Crippen LogP contribution in [0.5, 0.6) is 5.88 Å². The van der Waals surface area contributed by atoms with Crippen LogP contribution in [-0.2, 0) is 9.59 Å². The molecular formula is C27H20F2N4O3. The Bertz CT molecular complexity index is 1510. The van der Waals surface area contributed by atoms with E-state index in [0.717, 1.165) is 21.7 Å². The van der Waals surface area contributed by atoms with Crippen molar-refractivity contribution in [2.75, 3.05) is 4.90 Å². The van der Waals surface area contributed by atoms with Crippen molar-refractivity contribution in [3.8, 4) is 11.6 Å². The minimum atomic E-state index is -0.726. The van der Waals surface area contributed by atoms with E-state index < -0.39 is 29.3 Å². The molecule has 5 rings (SSSR count). The fourth-order valence-corrected chi connectivity index (χ4v) is 4.17. The van der Waals surface area contributed by atoms with Crippen LogP contribution in [0.4, 0.5) is 14.5 Å². The summed E-state index contributed by atoms with van der Waals surface area (Å²) in [5.74, 6) is -3.28. The molecule has 0 atom stereocenters. The maximum absolute atomic E-state index is 13.8. The summed E-state index contributed by atoms with van der Waals surface area (Å²) in [5, 5.41) is 18.2. The van der Waals surface area contributed by atoms with Crippen LogP contribution >= 0.6 is 0 Å². The van der Waals surface area contributed by atoms with Gasteiger partial charge in [-0.25, -0.2) is 18.4 Å². The van der Waals surface area contributed by atoms with Gasteiger partial charge in [-0.2, -0.15) is 9.67 Å². The molecule has 2 aromatic carbocycles. The second kappa shape index (κ2) is 8.84. The summed E-state index contributed by atoms with van der Waals surface area (Å²) >= 11 is 0. The molecule has 0 fully saturated rings. The Kier molecular flexibility index (Phi) is 5.68. The van der Waals surface area contributed by atoms with Gasteiger partial charge in [0.1, 0.15) is 17.2 Å². The lowest BCUT2D eigenvalue weighted by Crippen LogP contribution is -2.39. The van der Waals surface area contributed by atoms with Gasteiger partial charge in [-0.1, -0.05) is 19.9 Å². The molecule has 2 amide bonds. The summed E-state index contributed by atoms with van der Waals surface area (Å²) in [6.45, 7) is 3.63. The second-order valence-corrected chi connectivity index (χ2v) is 8.54. The van der Waals surface area contributed by atoms with E-state index >= 15 is 0 Å². The number of carbonyl (C=O) groups excluding carboxylic acids is 2. The van der Waals surface area contributed by atoms with Crippen LogP contribution < -0.4 is 14.6 Å². The number of benzene rings is 2. The number of hydrogen-bond donors (Lipinski definition) is 0. The Labute approximate surface area is 205 Å². The first kappa shape index (κ1) is 23.1. The largest absolute Gasteiger partial charge is 0.858 e. The molecule has 36 heavy (non-hydrogen) atoms. The quantitative estimate of drug-likeness (QED) is 0.319. The van der Waals surface area contributed by atoms with Gasteiger partial charge in [0, 0.05) is 17.7 Å². The van der Waals surface area contributed by atoms with E-state index in [-0.39, 0.29) is 28.4 Å². The van der Waals surface area contributed by atoms with Gasteiger partial charge in [0.25, 0.3) is 11.6 Å². The van der Waals surface area contributed by atoms with E-state index in [4.69, 9.17) is 0 Å². The predicted molar refractivity (Wildman–Crippen MR) is 126 cm³/mol.